The average Bonchev–Trinajstić information content (AvgIpc) is 3.45. The quantitative estimate of drug-likeness (QED) is 0.591. The fourth-order valence-electron chi connectivity index (χ4n) is 4.38. The van der Waals surface area contributed by atoms with Gasteiger partial charge >= 0.3 is 0 Å². The zero-order valence-electron chi connectivity index (χ0n) is 17.9. The van der Waals surface area contributed by atoms with Gasteiger partial charge in [-0.1, -0.05) is 18.2 Å². The van der Waals surface area contributed by atoms with Crippen LogP contribution in [0.2, 0.25) is 0 Å². The van der Waals surface area contributed by atoms with Crippen LogP contribution in [0.5, 0.6) is 11.5 Å². The zero-order valence-corrected chi connectivity index (χ0v) is 18.7. The van der Waals surface area contributed by atoms with E-state index in [0.717, 1.165) is 47.0 Å². The molecule has 6 nitrogen and oxygen atoms in total. The number of ether oxygens (including phenoxy) is 2. The van der Waals surface area contributed by atoms with Crippen molar-refractivity contribution in [3.05, 3.63) is 53.0 Å². The second-order valence-electron chi connectivity index (χ2n) is 8.26. The van der Waals surface area contributed by atoms with E-state index in [4.69, 9.17) is 14.5 Å². The number of likely N-dealkylation sites (tertiary alicyclic amines) is 1. The molecule has 2 aliphatic rings. The molecule has 162 valence electrons. The second kappa shape index (κ2) is 8.48. The predicted octanol–water partition coefficient (Wildman–Crippen LogP) is 4.42. The number of benzene rings is 2. The standard InChI is InChI=1S/C24H27N3O3S/c1-16(24-25-18-6-3-4-8-22(18)31-24)26(2)15-23(28)27-11-5-7-19(27)17-9-10-20-21(14-17)30-13-12-29-20/h3-4,6,8-10,14,16,19H,5,7,11-13,15H2,1-2H3/t16-,19-/m0/s1. The summed E-state index contributed by atoms with van der Waals surface area (Å²) in [6.45, 7) is 4.44. The van der Waals surface area contributed by atoms with Crippen molar-refractivity contribution in [2.75, 3.05) is 33.4 Å². The van der Waals surface area contributed by atoms with Crippen LogP contribution in [0, 0.1) is 0 Å². The first kappa shape index (κ1) is 20.3. The van der Waals surface area contributed by atoms with Gasteiger partial charge in [0.2, 0.25) is 5.91 Å². The van der Waals surface area contributed by atoms with E-state index in [1.807, 2.05) is 42.3 Å². The molecule has 1 aromatic heterocycles. The van der Waals surface area contributed by atoms with Crippen molar-refractivity contribution in [2.24, 2.45) is 0 Å². The minimum atomic E-state index is 0.0803. The van der Waals surface area contributed by atoms with Crippen LogP contribution in [0.4, 0.5) is 0 Å². The molecule has 0 aliphatic carbocycles. The molecule has 2 aromatic carbocycles. The number of aromatic nitrogens is 1. The number of thiazole rings is 1. The Bertz CT molecular complexity index is 1070. The number of para-hydroxylation sites is 1. The normalized spacial score (nSPS) is 19.2. The van der Waals surface area contributed by atoms with Crippen LogP contribution in [0.25, 0.3) is 10.2 Å². The van der Waals surface area contributed by atoms with E-state index in [-0.39, 0.29) is 18.0 Å². The number of carbonyl (C=O) groups excluding carboxylic acids is 1. The number of carbonyl (C=O) groups is 1. The van der Waals surface area contributed by atoms with Gasteiger partial charge in [0.25, 0.3) is 0 Å². The van der Waals surface area contributed by atoms with Gasteiger partial charge in [-0.05, 0) is 56.6 Å². The summed E-state index contributed by atoms with van der Waals surface area (Å²) in [6.07, 6.45) is 1.99. The Kier molecular flexibility index (Phi) is 5.54. The summed E-state index contributed by atoms with van der Waals surface area (Å²) in [4.78, 5) is 22.1. The molecule has 0 saturated carbocycles. The molecular formula is C24H27N3O3S. The van der Waals surface area contributed by atoms with Gasteiger partial charge in [0.15, 0.2) is 11.5 Å². The Morgan fingerprint density at radius 1 is 1.23 bits per heavy atom. The maximum absolute atomic E-state index is 13.2. The summed E-state index contributed by atoms with van der Waals surface area (Å²) in [6, 6.07) is 14.4. The van der Waals surface area contributed by atoms with Crippen LogP contribution in [0.15, 0.2) is 42.5 Å². The van der Waals surface area contributed by atoms with Gasteiger partial charge in [-0.3, -0.25) is 9.69 Å². The van der Waals surface area contributed by atoms with E-state index in [2.05, 4.69) is 24.0 Å². The molecule has 3 heterocycles. The van der Waals surface area contributed by atoms with Crippen LogP contribution < -0.4 is 9.47 Å². The summed E-state index contributed by atoms with van der Waals surface area (Å²) in [7, 11) is 2.00. The molecule has 1 saturated heterocycles. The predicted molar refractivity (Wildman–Crippen MR) is 122 cm³/mol. The van der Waals surface area contributed by atoms with Gasteiger partial charge in [-0.25, -0.2) is 4.98 Å². The zero-order chi connectivity index (χ0) is 21.4. The maximum Gasteiger partial charge on any atom is 0.237 e. The van der Waals surface area contributed by atoms with E-state index in [0.29, 0.717) is 19.8 Å². The monoisotopic (exact) mass is 437 g/mol. The maximum atomic E-state index is 13.2. The van der Waals surface area contributed by atoms with Crippen molar-refractivity contribution < 1.29 is 14.3 Å². The number of likely N-dealkylation sites (N-methyl/N-ethyl adjacent to an activating group) is 1. The molecule has 0 bridgehead atoms. The summed E-state index contributed by atoms with van der Waals surface area (Å²) < 4.78 is 12.6. The molecule has 0 unspecified atom stereocenters. The highest BCUT2D eigenvalue weighted by molar-refractivity contribution is 7.18. The lowest BCUT2D eigenvalue weighted by molar-refractivity contribution is -0.133. The Balaban J connectivity index is 1.28. The van der Waals surface area contributed by atoms with Crippen molar-refractivity contribution >= 4 is 27.5 Å². The Morgan fingerprint density at radius 2 is 2.03 bits per heavy atom. The first-order valence-electron chi connectivity index (χ1n) is 10.8. The second-order valence-corrected chi connectivity index (χ2v) is 9.32. The van der Waals surface area contributed by atoms with Crippen LogP contribution >= 0.6 is 11.3 Å². The molecular weight excluding hydrogens is 410 g/mol. The molecule has 2 aliphatic heterocycles. The topological polar surface area (TPSA) is 54.9 Å². The fraction of sp³-hybridized carbons (Fsp3) is 0.417. The lowest BCUT2D eigenvalue weighted by Gasteiger charge is -2.30. The van der Waals surface area contributed by atoms with Crippen LogP contribution in [-0.2, 0) is 4.79 Å². The highest BCUT2D eigenvalue weighted by atomic mass is 32.1. The third-order valence-electron chi connectivity index (χ3n) is 6.24. The SMILES string of the molecule is C[C@@H](c1nc2ccccc2s1)N(C)CC(=O)N1CCC[C@H]1c1ccc2c(c1)OCCO2. The number of rotatable bonds is 5. The minimum absolute atomic E-state index is 0.0803. The van der Waals surface area contributed by atoms with Gasteiger partial charge in [0, 0.05) is 6.54 Å². The number of nitrogens with zero attached hydrogens (tertiary/aromatic N) is 3. The summed E-state index contributed by atoms with van der Waals surface area (Å²) in [5, 5.41) is 1.04. The summed E-state index contributed by atoms with van der Waals surface area (Å²) >= 11 is 1.70. The van der Waals surface area contributed by atoms with Crippen molar-refractivity contribution in [1.29, 1.82) is 0 Å². The highest BCUT2D eigenvalue weighted by Crippen LogP contribution is 2.38. The average molecular weight is 438 g/mol. The van der Waals surface area contributed by atoms with E-state index in [9.17, 15) is 4.79 Å². The number of hydrogen-bond acceptors (Lipinski definition) is 6. The molecule has 31 heavy (non-hydrogen) atoms. The molecule has 0 spiro atoms. The number of amides is 1. The molecule has 1 fully saturated rings. The lowest BCUT2D eigenvalue weighted by Crippen LogP contribution is -2.39. The molecule has 0 N–H and O–H groups in total. The molecule has 1 amide bonds. The summed E-state index contributed by atoms with van der Waals surface area (Å²) in [5.74, 6) is 1.73. The third kappa shape index (κ3) is 4.00. The van der Waals surface area contributed by atoms with E-state index >= 15 is 0 Å². The van der Waals surface area contributed by atoms with Gasteiger partial charge in [-0.15, -0.1) is 11.3 Å². The number of fused-ring (bicyclic) bond motifs is 2. The third-order valence-corrected chi connectivity index (χ3v) is 7.44. The lowest BCUT2D eigenvalue weighted by atomic mass is 10.0. The van der Waals surface area contributed by atoms with Crippen molar-refractivity contribution in [1.82, 2.24) is 14.8 Å². The molecule has 5 rings (SSSR count). The first-order chi connectivity index (χ1) is 15.1. The summed E-state index contributed by atoms with van der Waals surface area (Å²) in [5.41, 5.74) is 2.14. The largest absolute Gasteiger partial charge is 0.486 e. The molecule has 7 heteroatoms. The highest BCUT2D eigenvalue weighted by Gasteiger charge is 2.32. The Hall–Kier alpha value is -2.64. The van der Waals surface area contributed by atoms with E-state index < -0.39 is 0 Å². The van der Waals surface area contributed by atoms with Crippen molar-refractivity contribution in [3.63, 3.8) is 0 Å². The van der Waals surface area contributed by atoms with Gasteiger partial charge < -0.3 is 14.4 Å². The van der Waals surface area contributed by atoms with Crippen molar-refractivity contribution in [2.45, 2.75) is 31.8 Å². The van der Waals surface area contributed by atoms with Gasteiger partial charge in [0.05, 0.1) is 28.8 Å². The van der Waals surface area contributed by atoms with Crippen LogP contribution in [0.1, 0.15) is 42.4 Å². The molecule has 3 aromatic rings. The molecule has 2 atom stereocenters. The minimum Gasteiger partial charge on any atom is -0.486 e. The number of hydrogen-bond donors (Lipinski definition) is 0. The van der Waals surface area contributed by atoms with Gasteiger partial charge in [0.1, 0.15) is 18.2 Å². The fourth-order valence-corrected chi connectivity index (χ4v) is 5.46. The van der Waals surface area contributed by atoms with Crippen LogP contribution in [0.3, 0.4) is 0 Å². The van der Waals surface area contributed by atoms with E-state index in [1.54, 1.807) is 11.3 Å². The Morgan fingerprint density at radius 3 is 2.87 bits per heavy atom. The Labute approximate surface area is 186 Å². The van der Waals surface area contributed by atoms with E-state index in [1.165, 1.54) is 4.70 Å². The smallest absolute Gasteiger partial charge is 0.237 e. The first-order valence-corrected chi connectivity index (χ1v) is 11.7. The molecule has 0 radical (unpaired) electrons. The van der Waals surface area contributed by atoms with Crippen molar-refractivity contribution in [3.8, 4) is 11.5 Å². The van der Waals surface area contributed by atoms with Crippen LogP contribution in [-0.4, -0.2) is 54.0 Å². The van der Waals surface area contributed by atoms with Gasteiger partial charge in [-0.2, -0.15) is 0 Å².